The van der Waals surface area contributed by atoms with Crippen LogP contribution in [0.3, 0.4) is 0 Å². The molecule has 3 aromatic rings. The van der Waals surface area contributed by atoms with Gasteiger partial charge in [-0.25, -0.2) is 0 Å². The van der Waals surface area contributed by atoms with E-state index in [-0.39, 0.29) is 11.8 Å². The van der Waals surface area contributed by atoms with Crippen molar-refractivity contribution in [2.24, 2.45) is 0 Å². The number of hydrogen-bond acceptors (Lipinski definition) is 4. The van der Waals surface area contributed by atoms with E-state index in [0.29, 0.717) is 28.5 Å². The molecule has 4 rings (SSSR count). The number of aryl methyl sites for hydroxylation is 1. The first kappa shape index (κ1) is 23.3. The summed E-state index contributed by atoms with van der Waals surface area (Å²) in [5.41, 5.74) is 2.66. The van der Waals surface area contributed by atoms with Gasteiger partial charge in [0.1, 0.15) is 5.69 Å². The normalized spacial score (nSPS) is 14.4. The third-order valence-corrected chi connectivity index (χ3v) is 6.10. The van der Waals surface area contributed by atoms with E-state index in [9.17, 15) is 9.59 Å². The second-order valence-corrected chi connectivity index (χ2v) is 8.51. The molecule has 0 atom stereocenters. The standard InChI is InChI=1S/C25H29ClN4O3/c1-2-10-30-22-8-7-19(28-24(31)20-5-3-4-6-21(20)26)16-18(22)17-23(30)25(32)27-9-11-29-12-14-33-15-13-29/h3-8,16-17H,2,9-15H2,1H3,(H,27,32)(H,28,31). The first-order valence-electron chi connectivity index (χ1n) is 11.3. The molecule has 2 N–H and O–H groups in total. The van der Waals surface area contributed by atoms with Crippen LogP contribution in [0.1, 0.15) is 34.2 Å². The minimum absolute atomic E-state index is 0.0884. The van der Waals surface area contributed by atoms with Crippen LogP contribution < -0.4 is 10.6 Å². The van der Waals surface area contributed by atoms with Crippen molar-refractivity contribution in [2.75, 3.05) is 44.7 Å². The fraction of sp³-hybridized carbons (Fsp3) is 0.360. The van der Waals surface area contributed by atoms with E-state index in [1.165, 1.54) is 0 Å². The van der Waals surface area contributed by atoms with Crippen molar-refractivity contribution in [3.05, 3.63) is 64.8 Å². The molecule has 8 heteroatoms. The highest BCUT2D eigenvalue weighted by Gasteiger charge is 2.17. The number of halogens is 1. The first-order chi connectivity index (χ1) is 16.1. The topological polar surface area (TPSA) is 75.6 Å². The molecule has 1 saturated heterocycles. The number of carbonyl (C=O) groups excluding carboxylic acids is 2. The summed E-state index contributed by atoms with van der Waals surface area (Å²) in [6.07, 6.45) is 0.906. The number of nitrogens with one attached hydrogen (secondary N) is 2. The molecule has 174 valence electrons. The van der Waals surface area contributed by atoms with Crippen LogP contribution >= 0.6 is 11.6 Å². The monoisotopic (exact) mass is 468 g/mol. The molecule has 1 aliphatic rings. The molecule has 0 unspecified atom stereocenters. The molecule has 0 spiro atoms. The number of fused-ring (bicyclic) bond motifs is 1. The number of amides is 2. The van der Waals surface area contributed by atoms with Crippen molar-refractivity contribution >= 4 is 40.0 Å². The van der Waals surface area contributed by atoms with Crippen LogP contribution in [0.2, 0.25) is 5.02 Å². The summed E-state index contributed by atoms with van der Waals surface area (Å²) in [5.74, 6) is -0.358. The number of carbonyl (C=O) groups is 2. The highest BCUT2D eigenvalue weighted by molar-refractivity contribution is 6.34. The van der Waals surface area contributed by atoms with Gasteiger partial charge in [-0.1, -0.05) is 30.7 Å². The highest BCUT2D eigenvalue weighted by Crippen LogP contribution is 2.25. The van der Waals surface area contributed by atoms with Crippen molar-refractivity contribution < 1.29 is 14.3 Å². The Morgan fingerprint density at radius 3 is 2.58 bits per heavy atom. The van der Waals surface area contributed by atoms with Crippen LogP contribution in [0, 0.1) is 0 Å². The molecule has 0 radical (unpaired) electrons. The van der Waals surface area contributed by atoms with E-state index in [1.807, 2.05) is 28.8 Å². The molecule has 1 aromatic heterocycles. The van der Waals surface area contributed by atoms with Gasteiger partial charge in [0.15, 0.2) is 0 Å². The predicted octanol–water partition coefficient (Wildman–Crippen LogP) is 4.02. The zero-order valence-electron chi connectivity index (χ0n) is 18.8. The summed E-state index contributed by atoms with van der Waals surface area (Å²) in [6, 6.07) is 14.5. The zero-order valence-corrected chi connectivity index (χ0v) is 19.5. The van der Waals surface area contributed by atoms with E-state index < -0.39 is 0 Å². The number of morpholine rings is 1. The fourth-order valence-corrected chi connectivity index (χ4v) is 4.31. The van der Waals surface area contributed by atoms with Crippen LogP contribution in [0.25, 0.3) is 10.9 Å². The fourth-order valence-electron chi connectivity index (χ4n) is 4.09. The van der Waals surface area contributed by atoms with Crippen LogP contribution in [0.4, 0.5) is 5.69 Å². The predicted molar refractivity (Wildman–Crippen MR) is 131 cm³/mol. The molecule has 2 aromatic carbocycles. The third kappa shape index (κ3) is 5.55. The molecule has 2 heterocycles. The van der Waals surface area contributed by atoms with Gasteiger partial charge in [0.25, 0.3) is 11.8 Å². The van der Waals surface area contributed by atoms with Crippen molar-refractivity contribution in [1.82, 2.24) is 14.8 Å². The van der Waals surface area contributed by atoms with Gasteiger partial charge < -0.3 is 19.9 Å². The minimum Gasteiger partial charge on any atom is -0.379 e. The number of hydrogen-bond donors (Lipinski definition) is 2. The van der Waals surface area contributed by atoms with E-state index >= 15 is 0 Å². The Bertz CT molecular complexity index is 1140. The summed E-state index contributed by atoms with van der Waals surface area (Å²) < 4.78 is 7.41. The van der Waals surface area contributed by atoms with Gasteiger partial charge in [0.2, 0.25) is 0 Å². The zero-order chi connectivity index (χ0) is 23.2. The molecule has 0 aliphatic carbocycles. The van der Waals surface area contributed by atoms with Gasteiger partial charge in [0, 0.05) is 49.3 Å². The Hall–Kier alpha value is -2.87. The number of nitrogens with zero attached hydrogens (tertiary/aromatic N) is 2. The lowest BCUT2D eigenvalue weighted by molar-refractivity contribution is 0.0383. The maximum atomic E-state index is 13.0. The average Bonchev–Trinajstić information content (AvgIpc) is 3.18. The van der Waals surface area contributed by atoms with Gasteiger partial charge in [-0.2, -0.15) is 0 Å². The van der Waals surface area contributed by atoms with Crippen molar-refractivity contribution in [3.63, 3.8) is 0 Å². The second-order valence-electron chi connectivity index (χ2n) is 8.10. The van der Waals surface area contributed by atoms with Gasteiger partial charge >= 0.3 is 0 Å². The molecule has 1 aliphatic heterocycles. The largest absolute Gasteiger partial charge is 0.379 e. The van der Waals surface area contributed by atoms with Gasteiger partial charge in [-0.3, -0.25) is 14.5 Å². The summed E-state index contributed by atoms with van der Waals surface area (Å²) in [7, 11) is 0. The number of aromatic nitrogens is 1. The van der Waals surface area contributed by atoms with Crippen molar-refractivity contribution in [2.45, 2.75) is 19.9 Å². The Kier molecular flexibility index (Phi) is 7.65. The van der Waals surface area contributed by atoms with E-state index in [2.05, 4.69) is 22.5 Å². The summed E-state index contributed by atoms with van der Waals surface area (Å²) >= 11 is 6.15. The molecule has 0 saturated carbocycles. The molecular formula is C25H29ClN4O3. The summed E-state index contributed by atoms with van der Waals surface area (Å²) in [5, 5.41) is 7.26. The lowest BCUT2D eigenvalue weighted by Gasteiger charge is -2.26. The van der Waals surface area contributed by atoms with Crippen LogP contribution in [-0.2, 0) is 11.3 Å². The Balaban J connectivity index is 1.49. The quantitative estimate of drug-likeness (QED) is 0.523. The van der Waals surface area contributed by atoms with E-state index in [4.69, 9.17) is 16.3 Å². The van der Waals surface area contributed by atoms with Gasteiger partial charge in [0.05, 0.1) is 23.8 Å². The lowest BCUT2D eigenvalue weighted by Crippen LogP contribution is -2.41. The smallest absolute Gasteiger partial charge is 0.267 e. The Morgan fingerprint density at radius 1 is 1.03 bits per heavy atom. The van der Waals surface area contributed by atoms with Gasteiger partial charge in [-0.05, 0) is 42.8 Å². The van der Waals surface area contributed by atoms with Crippen molar-refractivity contribution in [3.8, 4) is 0 Å². The Morgan fingerprint density at radius 2 is 1.82 bits per heavy atom. The van der Waals surface area contributed by atoms with Gasteiger partial charge in [-0.15, -0.1) is 0 Å². The first-order valence-corrected chi connectivity index (χ1v) is 11.7. The SMILES string of the molecule is CCCn1c(C(=O)NCCN2CCOCC2)cc2cc(NC(=O)c3ccccc3Cl)ccc21. The van der Waals surface area contributed by atoms with E-state index in [0.717, 1.165) is 56.7 Å². The van der Waals surface area contributed by atoms with Crippen LogP contribution in [0.5, 0.6) is 0 Å². The number of benzene rings is 2. The Labute approximate surface area is 198 Å². The van der Waals surface area contributed by atoms with E-state index in [1.54, 1.807) is 24.3 Å². The average molecular weight is 469 g/mol. The summed E-state index contributed by atoms with van der Waals surface area (Å²) in [4.78, 5) is 27.9. The maximum absolute atomic E-state index is 13.0. The molecule has 2 amide bonds. The van der Waals surface area contributed by atoms with Crippen molar-refractivity contribution in [1.29, 1.82) is 0 Å². The highest BCUT2D eigenvalue weighted by atomic mass is 35.5. The second kappa shape index (κ2) is 10.8. The molecule has 33 heavy (non-hydrogen) atoms. The molecule has 7 nitrogen and oxygen atoms in total. The van der Waals surface area contributed by atoms with Crippen LogP contribution in [0.15, 0.2) is 48.5 Å². The molecule has 0 bridgehead atoms. The number of rotatable bonds is 8. The number of anilines is 1. The maximum Gasteiger partial charge on any atom is 0.267 e. The third-order valence-electron chi connectivity index (χ3n) is 5.77. The molecule has 1 fully saturated rings. The lowest BCUT2D eigenvalue weighted by atomic mass is 10.2. The molecular weight excluding hydrogens is 440 g/mol. The number of ether oxygens (including phenoxy) is 1. The van der Waals surface area contributed by atoms with Crippen LogP contribution in [-0.4, -0.2) is 60.7 Å². The minimum atomic E-state index is -0.269. The summed E-state index contributed by atoms with van der Waals surface area (Å²) in [6.45, 7) is 7.50.